The summed E-state index contributed by atoms with van der Waals surface area (Å²) in [5.41, 5.74) is 1.50. The molecular weight excluding hydrogens is 469 g/mol. The van der Waals surface area contributed by atoms with Gasteiger partial charge in [0.15, 0.2) is 16.9 Å². The number of ketones is 1. The summed E-state index contributed by atoms with van der Waals surface area (Å²) in [6.07, 6.45) is 1.63. The van der Waals surface area contributed by atoms with Crippen molar-refractivity contribution in [3.8, 4) is 16.5 Å². The molecule has 0 spiro atoms. The van der Waals surface area contributed by atoms with E-state index in [0.717, 1.165) is 16.1 Å². The molecule has 4 heterocycles. The van der Waals surface area contributed by atoms with Crippen molar-refractivity contribution >= 4 is 61.8 Å². The number of hydrogen-bond acceptors (Lipinski definition) is 9. The molecule has 0 N–H and O–H groups in total. The molecule has 4 aromatic heterocycles. The first-order chi connectivity index (χ1) is 15.0. The third-order valence-electron chi connectivity index (χ3n) is 4.44. The number of aromatic nitrogens is 3. The van der Waals surface area contributed by atoms with Crippen LogP contribution in [0.3, 0.4) is 0 Å². The molecule has 0 saturated heterocycles. The number of aryl methyl sites for hydroxylation is 1. The summed E-state index contributed by atoms with van der Waals surface area (Å²) in [5, 5.41) is 16.7. The molecule has 156 valence electrons. The van der Waals surface area contributed by atoms with Crippen LogP contribution in [0.25, 0.3) is 20.7 Å². The van der Waals surface area contributed by atoms with Crippen molar-refractivity contribution < 1.29 is 4.79 Å². The van der Waals surface area contributed by atoms with Gasteiger partial charge in [0.25, 0.3) is 5.56 Å². The van der Waals surface area contributed by atoms with Crippen molar-refractivity contribution in [2.24, 2.45) is 0 Å². The highest BCUT2D eigenvalue weighted by atomic mass is 32.2. The predicted molar refractivity (Wildman–Crippen MR) is 128 cm³/mol. The number of thiophene rings is 2. The summed E-state index contributed by atoms with van der Waals surface area (Å²) in [6.45, 7) is 5.86. The van der Waals surface area contributed by atoms with E-state index in [-0.39, 0.29) is 23.6 Å². The summed E-state index contributed by atoms with van der Waals surface area (Å²) in [6, 6.07) is 5.98. The second-order valence-electron chi connectivity index (χ2n) is 6.55. The second-order valence-corrected chi connectivity index (χ2v) is 10.2. The number of carbonyl (C=O) groups is 1. The number of allylic oxidation sites excluding steroid dienone is 1. The molecule has 6 nitrogen and oxygen atoms in total. The Morgan fingerprint density at radius 1 is 1.35 bits per heavy atom. The van der Waals surface area contributed by atoms with Gasteiger partial charge in [-0.15, -0.1) is 40.6 Å². The van der Waals surface area contributed by atoms with Gasteiger partial charge >= 0.3 is 0 Å². The SMILES string of the molecule is C=CCn1c(SCC(=O)[C@H](C#N)c2nc(C)cs2)nc2scc(-c3cccs3)c2c1=O. The van der Waals surface area contributed by atoms with E-state index in [4.69, 9.17) is 0 Å². The lowest BCUT2D eigenvalue weighted by Gasteiger charge is -2.11. The number of carbonyl (C=O) groups excluding carboxylic acids is 1. The van der Waals surface area contributed by atoms with E-state index in [2.05, 4.69) is 22.6 Å². The van der Waals surface area contributed by atoms with Crippen LogP contribution in [0.4, 0.5) is 0 Å². The van der Waals surface area contributed by atoms with Crippen molar-refractivity contribution in [3.05, 3.63) is 62.0 Å². The molecule has 0 saturated carbocycles. The van der Waals surface area contributed by atoms with E-state index < -0.39 is 5.92 Å². The Kier molecular flexibility index (Phi) is 6.48. The van der Waals surface area contributed by atoms with Crippen LogP contribution in [0, 0.1) is 18.3 Å². The van der Waals surface area contributed by atoms with Crippen molar-refractivity contribution in [2.45, 2.75) is 24.5 Å². The molecule has 0 aliphatic carbocycles. The van der Waals surface area contributed by atoms with Crippen molar-refractivity contribution in [2.75, 3.05) is 5.75 Å². The molecule has 0 aliphatic rings. The van der Waals surface area contributed by atoms with Crippen LogP contribution in [0.15, 0.2) is 50.9 Å². The fourth-order valence-electron chi connectivity index (χ4n) is 3.01. The van der Waals surface area contributed by atoms with Crippen molar-refractivity contribution in [1.29, 1.82) is 5.26 Å². The largest absolute Gasteiger partial charge is 0.297 e. The fraction of sp³-hybridized carbons (Fsp3) is 0.190. The molecule has 31 heavy (non-hydrogen) atoms. The third kappa shape index (κ3) is 4.27. The van der Waals surface area contributed by atoms with Crippen LogP contribution in [-0.4, -0.2) is 26.1 Å². The summed E-state index contributed by atoms with van der Waals surface area (Å²) in [4.78, 5) is 36.6. The first-order valence-electron chi connectivity index (χ1n) is 9.17. The molecule has 10 heteroatoms. The quantitative estimate of drug-likeness (QED) is 0.196. The molecule has 0 aromatic carbocycles. The van der Waals surface area contributed by atoms with Crippen LogP contribution in [0.2, 0.25) is 0 Å². The van der Waals surface area contributed by atoms with Gasteiger partial charge in [0, 0.05) is 33.4 Å². The molecule has 0 unspecified atom stereocenters. The Balaban J connectivity index is 1.66. The zero-order chi connectivity index (χ0) is 22.0. The molecule has 0 aliphatic heterocycles. The number of thiazole rings is 1. The molecule has 4 rings (SSSR count). The van der Waals surface area contributed by atoms with Gasteiger partial charge in [-0.3, -0.25) is 14.2 Å². The highest BCUT2D eigenvalue weighted by Crippen LogP contribution is 2.34. The first-order valence-corrected chi connectivity index (χ1v) is 12.8. The minimum Gasteiger partial charge on any atom is -0.297 e. The van der Waals surface area contributed by atoms with E-state index in [1.165, 1.54) is 39.0 Å². The lowest BCUT2D eigenvalue weighted by molar-refractivity contribution is -0.116. The van der Waals surface area contributed by atoms with E-state index in [9.17, 15) is 14.9 Å². The molecule has 0 fully saturated rings. The number of nitriles is 1. The molecule has 0 bridgehead atoms. The number of rotatable bonds is 8. The maximum Gasteiger partial charge on any atom is 0.263 e. The normalized spacial score (nSPS) is 12.0. The molecular formula is C21H16N4O2S4. The zero-order valence-electron chi connectivity index (χ0n) is 16.4. The van der Waals surface area contributed by atoms with Gasteiger partial charge in [0.05, 0.1) is 17.2 Å². The van der Waals surface area contributed by atoms with Crippen LogP contribution in [0.5, 0.6) is 0 Å². The highest BCUT2D eigenvalue weighted by Gasteiger charge is 2.25. The predicted octanol–water partition coefficient (Wildman–Crippen LogP) is 5.11. The Hall–Kier alpha value is -2.58. The van der Waals surface area contributed by atoms with Gasteiger partial charge < -0.3 is 0 Å². The molecule has 1 atom stereocenters. The number of nitrogens with zero attached hydrogens (tertiary/aromatic N) is 4. The topological polar surface area (TPSA) is 88.6 Å². The minimum atomic E-state index is -0.915. The van der Waals surface area contributed by atoms with E-state index in [1.807, 2.05) is 35.2 Å². The van der Waals surface area contributed by atoms with Gasteiger partial charge in [0.1, 0.15) is 9.84 Å². The van der Waals surface area contributed by atoms with Crippen LogP contribution < -0.4 is 5.56 Å². The van der Waals surface area contributed by atoms with Crippen LogP contribution in [0.1, 0.15) is 16.6 Å². The summed E-state index contributed by atoms with van der Waals surface area (Å²) < 4.78 is 1.53. The van der Waals surface area contributed by atoms with Gasteiger partial charge in [-0.25, -0.2) is 9.97 Å². The smallest absolute Gasteiger partial charge is 0.263 e. The highest BCUT2D eigenvalue weighted by molar-refractivity contribution is 7.99. The average Bonchev–Trinajstić information content (AvgIpc) is 3.50. The molecule has 0 radical (unpaired) electrons. The second kappa shape index (κ2) is 9.28. The number of thioether (sulfide) groups is 1. The van der Waals surface area contributed by atoms with Crippen LogP contribution >= 0.6 is 45.8 Å². The first kappa shape index (κ1) is 21.6. The number of fused-ring (bicyclic) bond motifs is 1. The molecule has 4 aromatic rings. The van der Waals surface area contributed by atoms with E-state index >= 15 is 0 Å². The average molecular weight is 485 g/mol. The summed E-state index contributed by atoms with van der Waals surface area (Å²) in [7, 11) is 0. The van der Waals surface area contributed by atoms with Gasteiger partial charge in [-0.2, -0.15) is 5.26 Å². The third-order valence-corrected chi connectivity index (χ3v) is 8.24. The lowest BCUT2D eigenvalue weighted by atomic mass is 10.1. The molecule has 0 amide bonds. The Morgan fingerprint density at radius 2 is 2.19 bits per heavy atom. The maximum atomic E-state index is 13.3. The number of Topliss-reactive ketones (excluding diaryl/α,β-unsaturated/α-hetero) is 1. The zero-order valence-corrected chi connectivity index (χ0v) is 19.7. The summed E-state index contributed by atoms with van der Waals surface area (Å²) >= 11 is 5.45. The Bertz CT molecular complexity index is 1360. The Labute approximate surface area is 194 Å². The minimum absolute atomic E-state index is 0.0229. The van der Waals surface area contributed by atoms with Gasteiger partial charge in [-0.1, -0.05) is 23.9 Å². The number of hydrogen-bond donors (Lipinski definition) is 0. The van der Waals surface area contributed by atoms with Gasteiger partial charge in [-0.05, 0) is 18.4 Å². The monoisotopic (exact) mass is 484 g/mol. The maximum absolute atomic E-state index is 13.3. The van der Waals surface area contributed by atoms with Crippen LogP contribution in [-0.2, 0) is 11.3 Å². The van der Waals surface area contributed by atoms with Crippen molar-refractivity contribution in [3.63, 3.8) is 0 Å². The summed E-state index contributed by atoms with van der Waals surface area (Å²) in [5.74, 6) is -1.15. The van der Waals surface area contributed by atoms with E-state index in [1.54, 1.807) is 17.4 Å². The van der Waals surface area contributed by atoms with Crippen molar-refractivity contribution in [1.82, 2.24) is 14.5 Å². The standard InChI is InChI=1S/C21H16N4O2S4/c1-3-6-25-20(27)17-14(16-5-4-7-28-16)10-30-19(17)24-21(25)31-11-15(26)13(8-22)18-23-12(2)9-29-18/h3-5,7,9-10,13H,1,6,11H2,2H3/t13-/m0/s1. The van der Waals surface area contributed by atoms with Gasteiger partial charge in [0.2, 0.25) is 0 Å². The Morgan fingerprint density at radius 3 is 2.84 bits per heavy atom. The van der Waals surface area contributed by atoms with E-state index in [0.29, 0.717) is 20.4 Å². The lowest BCUT2D eigenvalue weighted by Crippen LogP contribution is -2.23. The fourth-order valence-corrected chi connectivity index (χ4v) is 6.59.